The van der Waals surface area contributed by atoms with Crippen LogP contribution in [0.15, 0.2) is 18.2 Å². The molecule has 0 bridgehead atoms. The first-order valence-electron chi connectivity index (χ1n) is 6.36. The standard InChI is InChI=1S/C15H25NO2/c1-11(2)13-9-12(7-8-14(13)18-6)16(5)10-15(3,4)17/h7-9,11,17H,10H2,1-6H3. The maximum atomic E-state index is 9.86. The summed E-state index contributed by atoms with van der Waals surface area (Å²) >= 11 is 0. The molecule has 18 heavy (non-hydrogen) atoms. The van der Waals surface area contributed by atoms with Gasteiger partial charge in [-0.15, -0.1) is 0 Å². The average molecular weight is 251 g/mol. The van der Waals surface area contributed by atoms with Crippen LogP contribution >= 0.6 is 0 Å². The summed E-state index contributed by atoms with van der Waals surface area (Å²) in [5.41, 5.74) is 1.59. The molecule has 1 aromatic carbocycles. The number of hydrogen-bond donors (Lipinski definition) is 1. The minimum Gasteiger partial charge on any atom is -0.496 e. The number of anilines is 1. The van der Waals surface area contributed by atoms with Gasteiger partial charge in [0.2, 0.25) is 0 Å². The maximum Gasteiger partial charge on any atom is 0.122 e. The molecule has 0 saturated heterocycles. The monoisotopic (exact) mass is 251 g/mol. The molecule has 3 nitrogen and oxygen atoms in total. The van der Waals surface area contributed by atoms with Gasteiger partial charge < -0.3 is 14.7 Å². The number of likely N-dealkylation sites (N-methyl/N-ethyl adjacent to an activating group) is 1. The van der Waals surface area contributed by atoms with Crippen molar-refractivity contribution in [3.05, 3.63) is 23.8 Å². The third-order valence-corrected chi connectivity index (χ3v) is 2.90. The highest BCUT2D eigenvalue weighted by atomic mass is 16.5. The summed E-state index contributed by atoms with van der Waals surface area (Å²) in [4.78, 5) is 2.06. The fourth-order valence-electron chi connectivity index (χ4n) is 2.08. The molecule has 0 amide bonds. The molecule has 0 fully saturated rings. The minimum absolute atomic E-state index is 0.412. The quantitative estimate of drug-likeness (QED) is 0.873. The van der Waals surface area contributed by atoms with E-state index in [9.17, 15) is 5.11 Å². The van der Waals surface area contributed by atoms with E-state index in [1.54, 1.807) is 7.11 Å². The summed E-state index contributed by atoms with van der Waals surface area (Å²) in [6, 6.07) is 6.15. The molecule has 0 saturated carbocycles. The molecule has 0 aliphatic heterocycles. The Morgan fingerprint density at radius 1 is 1.33 bits per heavy atom. The van der Waals surface area contributed by atoms with E-state index in [4.69, 9.17) is 4.74 Å². The largest absolute Gasteiger partial charge is 0.496 e. The second-order valence-electron chi connectivity index (χ2n) is 5.75. The van der Waals surface area contributed by atoms with Crippen molar-refractivity contribution in [1.29, 1.82) is 0 Å². The molecule has 0 heterocycles. The van der Waals surface area contributed by atoms with Crippen molar-refractivity contribution in [1.82, 2.24) is 0 Å². The van der Waals surface area contributed by atoms with E-state index in [0.717, 1.165) is 11.4 Å². The van der Waals surface area contributed by atoms with Crippen molar-refractivity contribution in [2.24, 2.45) is 0 Å². The molecule has 1 N–H and O–H groups in total. The molecule has 0 radical (unpaired) electrons. The summed E-state index contributed by atoms with van der Waals surface area (Å²) in [7, 11) is 3.69. The van der Waals surface area contributed by atoms with E-state index >= 15 is 0 Å². The predicted molar refractivity (Wildman–Crippen MR) is 76.7 cm³/mol. The van der Waals surface area contributed by atoms with Crippen molar-refractivity contribution in [2.75, 3.05) is 25.6 Å². The Hall–Kier alpha value is -1.22. The fraction of sp³-hybridized carbons (Fsp3) is 0.600. The Labute approximate surface area is 110 Å². The highest BCUT2D eigenvalue weighted by molar-refractivity contribution is 5.53. The lowest BCUT2D eigenvalue weighted by Gasteiger charge is -2.28. The molecular weight excluding hydrogens is 226 g/mol. The lowest BCUT2D eigenvalue weighted by Crippen LogP contribution is -2.36. The van der Waals surface area contributed by atoms with E-state index in [1.807, 2.05) is 33.0 Å². The normalized spacial score (nSPS) is 11.8. The van der Waals surface area contributed by atoms with Crippen molar-refractivity contribution < 1.29 is 9.84 Å². The average Bonchev–Trinajstić information content (AvgIpc) is 2.25. The van der Waals surface area contributed by atoms with Gasteiger partial charge in [-0.1, -0.05) is 13.8 Å². The minimum atomic E-state index is -0.702. The van der Waals surface area contributed by atoms with Gasteiger partial charge in [0.25, 0.3) is 0 Å². The third kappa shape index (κ3) is 3.91. The topological polar surface area (TPSA) is 32.7 Å². The first-order chi connectivity index (χ1) is 8.24. The van der Waals surface area contributed by atoms with E-state index < -0.39 is 5.60 Å². The molecule has 0 aliphatic carbocycles. The van der Waals surface area contributed by atoms with Gasteiger partial charge in [-0.2, -0.15) is 0 Å². The number of methoxy groups -OCH3 is 1. The predicted octanol–water partition coefficient (Wildman–Crippen LogP) is 3.03. The van der Waals surface area contributed by atoms with Gasteiger partial charge in [0.1, 0.15) is 5.75 Å². The smallest absolute Gasteiger partial charge is 0.122 e. The lowest BCUT2D eigenvalue weighted by atomic mass is 10.0. The molecule has 3 heteroatoms. The van der Waals surface area contributed by atoms with Crippen LogP contribution in [0, 0.1) is 0 Å². The molecule has 0 spiro atoms. The van der Waals surface area contributed by atoms with Crippen molar-refractivity contribution in [3.63, 3.8) is 0 Å². The second-order valence-corrected chi connectivity index (χ2v) is 5.75. The number of nitrogens with zero attached hydrogens (tertiary/aromatic N) is 1. The van der Waals surface area contributed by atoms with Gasteiger partial charge in [-0.25, -0.2) is 0 Å². The second kappa shape index (κ2) is 5.61. The van der Waals surface area contributed by atoms with Gasteiger partial charge in [0.05, 0.1) is 12.7 Å². The van der Waals surface area contributed by atoms with E-state index in [0.29, 0.717) is 12.5 Å². The van der Waals surface area contributed by atoms with E-state index in [-0.39, 0.29) is 0 Å². The van der Waals surface area contributed by atoms with Crippen LogP contribution in [0.5, 0.6) is 5.75 Å². The Bertz CT molecular complexity index is 394. The van der Waals surface area contributed by atoms with Crippen molar-refractivity contribution >= 4 is 5.69 Å². The zero-order valence-electron chi connectivity index (χ0n) is 12.3. The molecule has 0 atom stereocenters. The van der Waals surface area contributed by atoms with Crippen LogP contribution in [-0.4, -0.2) is 31.4 Å². The zero-order valence-corrected chi connectivity index (χ0v) is 12.3. The molecule has 0 unspecified atom stereocenters. The van der Waals surface area contributed by atoms with Gasteiger partial charge in [-0.05, 0) is 43.5 Å². The van der Waals surface area contributed by atoms with Crippen molar-refractivity contribution in [2.45, 2.75) is 39.2 Å². The molecule has 1 aromatic rings. The van der Waals surface area contributed by atoms with Gasteiger partial charge >= 0.3 is 0 Å². The SMILES string of the molecule is COc1ccc(N(C)CC(C)(C)O)cc1C(C)C. The Balaban J connectivity index is 3.01. The molecule has 0 aliphatic rings. The molecule has 102 valence electrons. The number of rotatable bonds is 5. The zero-order chi connectivity index (χ0) is 13.9. The summed E-state index contributed by atoms with van der Waals surface area (Å²) in [5.74, 6) is 1.33. The highest BCUT2D eigenvalue weighted by Crippen LogP contribution is 2.30. The van der Waals surface area contributed by atoms with Crippen LogP contribution in [0.25, 0.3) is 0 Å². The molecule has 1 rings (SSSR count). The van der Waals surface area contributed by atoms with Gasteiger partial charge in [0, 0.05) is 19.3 Å². The lowest BCUT2D eigenvalue weighted by molar-refractivity contribution is 0.0886. The van der Waals surface area contributed by atoms with E-state index in [2.05, 4.69) is 24.8 Å². The van der Waals surface area contributed by atoms with Crippen LogP contribution in [0.1, 0.15) is 39.2 Å². The fourth-order valence-corrected chi connectivity index (χ4v) is 2.08. The van der Waals surface area contributed by atoms with Crippen LogP contribution in [0.4, 0.5) is 5.69 Å². The number of ether oxygens (including phenoxy) is 1. The van der Waals surface area contributed by atoms with E-state index in [1.165, 1.54) is 5.56 Å². The summed E-state index contributed by atoms with van der Waals surface area (Å²) in [5, 5.41) is 9.86. The van der Waals surface area contributed by atoms with Gasteiger partial charge in [-0.3, -0.25) is 0 Å². The van der Waals surface area contributed by atoms with Crippen LogP contribution in [0.3, 0.4) is 0 Å². The van der Waals surface area contributed by atoms with Crippen molar-refractivity contribution in [3.8, 4) is 5.75 Å². The first-order valence-corrected chi connectivity index (χ1v) is 6.36. The van der Waals surface area contributed by atoms with Crippen LogP contribution < -0.4 is 9.64 Å². The summed E-state index contributed by atoms with van der Waals surface area (Å²) < 4.78 is 5.37. The highest BCUT2D eigenvalue weighted by Gasteiger charge is 2.17. The number of benzene rings is 1. The third-order valence-electron chi connectivity index (χ3n) is 2.90. The van der Waals surface area contributed by atoms with Gasteiger partial charge in [0.15, 0.2) is 0 Å². The Morgan fingerprint density at radius 2 is 1.94 bits per heavy atom. The van der Waals surface area contributed by atoms with Crippen LogP contribution in [-0.2, 0) is 0 Å². The Kier molecular flexibility index (Phi) is 4.63. The first kappa shape index (κ1) is 14.8. The summed E-state index contributed by atoms with van der Waals surface area (Å²) in [6.45, 7) is 8.53. The summed E-state index contributed by atoms with van der Waals surface area (Å²) in [6.07, 6.45) is 0. The number of hydrogen-bond acceptors (Lipinski definition) is 3. The Morgan fingerprint density at radius 3 is 2.39 bits per heavy atom. The number of aliphatic hydroxyl groups is 1. The maximum absolute atomic E-state index is 9.86. The van der Waals surface area contributed by atoms with Crippen LogP contribution in [0.2, 0.25) is 0 Å². The molecular formula is C15H25NO2. The molecule has 0 aromatic heterocycles.